The Labute approximate surface area is 129 Å². The molecular formula is C16H18N2O3S. The Morgan fingerprint density at radius 1 is 1.18 bits per heavy atom. The maximum Gasteiger partial charge on any atom is 0.229 e. The predicted molar refractivity (Wildman–Crippen MR) is 87.5 cm³/mol. The minimum Gasteiger partial charge on any atom is -0.456 e. The number of nitrogens with one attached hydrogen (secondary N) is 1. The molecule has 0 fully saturated rings. The van der Waals surface area contributed by atoms with E-state index in [4.69, 9.17) is 4.42 Å². The highest BCUT2D eigenvalue weighted by Crippen LogP contribution is 2.17. The maximum atomic E-state index is 11.5. The third-order valence-corrected chi connectivity index (χ3v) is 4.20. The SMILES string of the molecule is CN(C)C1=CC=c2oc3c(c2C1)C=C(NS(C)(=O)=O)C=CC=3. The molecule has 1 heterocycles. The monoisotopic (exact) mass is 318 g/mol. The maximum absolute atomic E-state index is 11.5. The van der Waals surface area contributed by atoms with E-state index < -0.39 is 10.0 Å². The second-order valence-electron chi connectivity index (χ2n) is 5.62. The Balaban J connectivity index is 2.10. The fourth-order valence-corrected chi connectivity index (χ4v) is 3.11. The molecule has 0 unspecified atom stereocenters. The molecule has 0 bridgehead atoms. The molecule has 1 N–H and O–H groups in total. The Hall–Kier alpha value is -2.21. The van der Waals surface area contributed by atoms with E-state index in [0.29, 0.717) is 5.70 Å². The summed E-state index contributed by atoms with van der Waals surface area (Å²) in [5, 5.41) is 0. The number of hydrogen-bond acceptors (Lipinski definition) is 4. The molecule has 3 rings (SSSR count). The van der Waals surface area contributed by atoms with Gasteiger partial charge in [-0.15, -0.1) is 0 Å². The first-order valence-electron chi connectivity index (χ1n) is 6.91. The van der Waals surface area contributed by atoms with Crippen LogP contribution in [0.5, 0.6) is 0 Å². The quantitative estimate of drug-likeness (QED) is 0.871. The van der Waals surface area contributed by atoms with E-state index in [1.54, 1.807) is 12.2 Å². The molecule has 0 saturated carbocycles. The number of fused-ring (bicyclic) bond motifs is 3. The van der Waals surface area contributed by atoms with Crippen molar-refractivity contribution in [3.63, 3.8) is 0 Å². The molecule has 2 aliphatic rings. The van der Waals surface area contributed by atoms with Crippen LogP contribution in [0.1, 0.15) is 11.1 Å². The normalized spacial score (nSPS) is 16.3. The number of allylic oxidation sites excluding steroid dienone is 4. The summed E-state index contributed by atoms with van der Waals surface area (Å²) in [6.45, 7) is 0. The minimum atomic E-state index is -3.31. The molecule has 1 aromatic heterocycles. The van der Waals surface area contributed by atoms with Crippen LogP contribution >= 0.6 is 0 Å². The zero-order valence-corrected chi connectivity index (χ0v) is 13.6. The van der Waals surface area contributed by atoms with Gasteiger partial charge in [0, 0.05) is 43.0 Å². The van der Waals surface area contributed by atoms with Gasteiger partial charge in [0.25, 0.3) is 0 Å². The van der Waals surface area contributed by atoms with Gasteiger partial charge < -0.3 is 9.32 Å². The fraction of sp³-hybridized carbons (Fsp3) is 0.250. The highest BCUT2D eigenvalue weighted by atomic mass is 32.2. The molecule has 0 aliphatic heterocycles. The van der Waals surface area contributed by atoms with Crippen LogP contribution in [0.2, 0.25) is 0 Å². The predicted octanol–water partition coefficient (Wildman–Crippen LogP) is 0.302. The second kappa shape index (κ2) is 5.21. The third-order valence-electron chi connectivity index (χ3n) is 3.59. The Morgan fingerprint density at radius 3 is 2.64 bits per heavy atom. The van der Waals surface area contributed by atoms with Gasteiger partial charge in [-0.1, -0.05) is 6.08 Å². The number of nitrogens with zero attached hydrogens (tertiary/aromatic N) is 1. The molecule has 0 saturated heterocycles. The summed E-state index contributed by atoms with van der Waals surface area (Å²) in [4.78, 5) is 2.07. The largest absolute Gasteiger partial charge is 0.456 e. The van der Waals surface area contributed by atoms with E-state index in [2.05, 4.69) is 9.62 Å². The molecule has 22 heavy (non-hydrogen) atoms. The van der Waals surface area contributed by atoms with Crippen molar-refractivity contribution in [1.29, 1.82) is 0 Å². The standard InChI is InChI=1S/C16H18N2O3S/c1-18(2)12-7-8-16-14(10-12)13-9-11(17-22(3,19)20)5-4-6-15(13)21-16/h4-9,17H,10H2,1-3H3. The highest BCUT2D eigenvalue weighted by molar-refractivity contribution is 7.88. The summed E-state index contributed by atoms with van der Waals surface area (Å²) in [5.41, 5.74) is 5.29. The van der Waals surface area contributed by atoms with Gasteiger partial charge in [0.1, 0.15) is 10.8 Å². The van der Waals surface area contributed by atoms with Gasteiger partial charge in [-0.3, -0.25) is 4.72 Å². The molecule has 0 aromatic carbocycles. The van der Waals surface area contributed by atoms with E-state index in [0.717, 1.165) is 34.6 Å². The second-order valence-corrected chi connectivity index (χ2v) is 7.37. The van der Waals surface area contributed by atoms with Gasteiger partial charge >= 0.3 is 0 Å². The van der Waals surface area contributed by atoms with Crippen LogP contribution in [0.15, 0.2) is 34.0 Å². The van der Waals surface area contributed by atoms with Crippen molar-refractivity contribution in [3.05, 3.63) is 51.6 Å². The Bertz CT molecular complexity index is 929. The van der Waals surface area contributed by atoms with Crippen LogP contribution in [-0.2, 0) is 16.4 Å². The van der Waals surface area contributed by atoms with Crippen molar-refractivity contribution in [2.24, 2.45) is 0 Å². The van der Waals surface area contributed by atoms with Gasteiger partial charge in [-0.25, -0.2) is 8.42 Å². The van der Waals surface area contributed by atoms with E-state index in [9.17, 15) is 8.42 Å². The Kier molecular flexibility index (Phi) is 3.48. The average Bonchev–Trinajstić information content (AvgIpc) is 2.62. The van der Waals surface area contributed by atoms with Gasteiger partial charge in [-0.2, -0.15) is 0 Å². The van der Waals surface area contributed by atoms with Crippen LogP contribution in [0.3, 0.4) is 0 Å². The molecule has 6 heteroatoms. The summed E-state index contributed by atoms with van der Waals surface area (Å²) in [6.07, 6.45) is 13.1. The number of sulfonamides is 1. The summed E-state index contributed by atoms with van der Waals surface area (Å²) in [6, 6.07) is 0. The average molecular weight is 318 g/mol. The summed E-state index contributed by atoms with van der Waals surface area (Å²) >= 11 is 0. The lowest BCUT2D eigenvalue weighted by Crippen LogP contribution is -2.21. The summed E-state index contributed by atoms with van der Waals surface area (Å²) < 4.78 is 31.3. The van der Waals surface area contributed by atoms with Crippen molar-refractivity contribution in [1.82, 2.24) is 9.62 Å². The molecule has 0 radical (unpaired) electrons. The van der Waals surface area contributed by atoms with Gasteiger partial charge in [0.15, 0.2) is 0 Å². The van der Waals surface area contributed by atoms with Crippen molar-refractivity contribution < 1.29 is 12.8 Å². The van der Waals surface area contributed by atoms with E-state index >= 15 is 0 Å². The van der Waals surface area contributed by atoms with Gasteiger partial charge in [0.05, 0.1) is 6.26 Å². The number of likely N-dealkylation sites (N-methyl/N-ethyl adjacent to an activating group) is 1. The smallest absolute Gasteiger partial charge is 0.229 e. The van der Waals surface area contributed by atoms with Crippen LogP contribution < -0.4 is 15.6 Å². The van der Waals surface area contributed by atoms with Crippen molar-refractivity contribution in [3.8, 4) is 0 Å². The van der Waals surface area contributed by atoms with E-state index in [1.165, 1.54) is 5.70 Å². The van der Waals surface area contributed by atoms with Gasteiger partial charge in [-0.05, 0) is 30.4 Å². The molecule has 116 valence electrons. The molecule has 2 aliphatic carbocycles. The van der Waals surface area contributed by atoms with E-state index in [-0.39, 0.29) is 0 Å². The fourth-order valence-electron chi connectivity index (χ4n) is 2.55. The minimum absolute atomic E-state index is 0.530. The zero-order chi connectivity index (χ0) is 15.9. The van der Waals surface area contributed by atoms with Crippen molar-refractivity contribution in [2.75, 3.05) is 20.4 Å². The number of furan rings is 1. The molecule has 0 spiro atoms. The zero-order valence-electron chi connectivity index (χ0n) is 12.8. The van der Waals surface area contributed by atoms with Crippen molar-refractivity contribution >= 4 is 28.3 Å². The first-order valence-corrected chi connectivity index (χ1v) is 8.80. The van der Waals surface area contributed by atoms with Crippen LogP contribution in [-0.4, -0.2) is 33.7 Å². The number of hydrogen-bond donors (Lipinski definition) is 1. The number of rotatable bonds is 3. The summed E-state index contributed by atoms with van der Waals surface area (Å²) in [7, 11) is 0.695. The lowest BCUT2D eigenvalue weighted by atomic mass is 10.0. The summed E-state index contributed by atoms with van der Waals surface area (Å²) in [5.74, 6) is 0. The molecule has 5 nitrogen and oxygen atoms in total. The van der Waals surface area contributed by atoms with Crippen LogP contribution in [0.25, 0.3) is 18.2 Å². The van der Waals surface area contributed by atoms with Gasteiger partial charge in [0.2, 0.25) is 10.0 Å². The van der Waals surface area contributed by atoms with Crippen LogP contribution in [0.4, 0.5) is 0 Å². The molecular weight excluding hydrogens is 300 g/mol. The first kappa shape index (κ1) is 14.7. The third kappa shape index (κ3) is 2.87. The Morgan fingerprint density at radius 2 is 1.95 bits per heavy atom. The first-order chi connectivity index (χ1) is 10.3. The highest BCUT2D eigenvalue weighted by Gasteiger charge is 2.17. The molecule has 0 atom stereocenters. The van der Waals surface area contributed by atoms with Crippen molar-refractivity contribution in [2.45, 2.75) is 6.42 Å². The lowest BCUT2D eigenvalue weighted by Gasteiger charge is -2.18. The molecule has 0 amide bonds. The van der Waals surface area contributed by atoms with Crippen LogP contribution in [0, 0.1) is 0 Å². The lowest BCUT2D eigenvalue weighted by molar-refractivity contribution is 0.480. The van der Waals surface area contributed by atoms with E-state index in [1.807, 2.05) is 38.4 Å². The molecule has 1 aromatic rings. The topological polar surface area (TPSA) is 62.6 Å².